The molecule has 0 aliphatic rings. The zero-order valence-electron chi connectivity index (χ0n) is 14.7. The molecule has 0 unspecified atom stereocenters. The van der Waals surface area contributed by atoms with Crippen molar-refractivity contribution in [2.24, 2.45) is 0 Å². The lowest BCUT2D eigenvalue weighted by Gasteiger charge is -2.33. The van der Waals surface area contributed by atoms with E-state index >= 15 is 0 Å². The van der Waals surface area contributed by atoms with Crippen molar-refractivity contribution in [2.45, 2.75) is 17.9 Å². The number of nitrogens with zero attached hydrogens (tertiary/aromatic N) is 1. The van der Waals surface area contributed by atoms with Crippen LogP contribution in [0.4, 0.5) is 13.2 Å². The Hall–Kier alpha value is -2.71. The Bertz CT molecular complexity index is 901. The van der Waals surface area contributed by atoms with Crippen LogP contribution < -0.4 is 0 Å². The highest BCUT2D eigenvalue weighted by molar-refractivity contribution is 7.09. The first kappa shape index (κ1) is 20.0. The van der Waals surface area contributed by atoms with E-state index in [1.165, 1.54) is 41.8 Å². The fraction of sp³-hybridized carbons (Fsp3) is 0.200. The molecular formula is C20H16F3NO3S. The third-order valence-corrected chi connectivity index (χ3v) is 4.99. The number of carbonyl (C=O) groups excluding carboxylic acids is 1. The average molecular weight is 407 g/mol. The van der Waals surface area contributed by atoms with Gasteiger partial charge in [-0.05, 0) is 5.56 Å². The lowest BCUT2D eigenvalue weighted by atomic mass is 9.92. The van der Waals surface area contributed by atoms with Gasteiger partial charge in [-0.25, -0.2) is 9.78 Å². The van der Waals surface area contributed by atoms with Crippen LogP contribution in [0.3, 0.4) is 0 Å². The van der Waals surface area contributed by atoms with E-state index in [0.29, 0.717) is 10.6 Å². The van der Waals surface area contributed by atoms with Gasteiger partial charge in [-0.2, -0.15) is 13.2 Å². The second kappa shape index (κ2) is 8.12. The Morgan fingerprint density at radius 2 is 1.64 bits per heavy atom. The minimum Gasteiger partial charge on any atom is -0.447 e. The number of ether oxygens (including phenoxy) is 2. The van der Waals surface area contributed by atoms with Crippen LogP contribution in [0.15, 0.2) is 72.2 Å². The molecule has 1 heterocycles. The smallest absolute Gasteiger partial charge is 0.432 e. The molecule has 146 valence electrons. The number of hydrogen-bond acceptors (Lipinski definition) is 5. The summed E-state index contributed by atoms with van der Waals surface area (Å²) in [6, 6.07) is 15.2. The van der Waals surface area contributed by atoms with Gasteiger partial charge in [0.25, 0.3) is 5.60 Å². The van der Waals surface area contributed by atoms with Gasteiger partial charge in [-0.15, -0.1) is 11.3 Å². The molecule has 0 amide bonds. The summed E-state index contributed by atoms with van der Waals surface area (Å²) in [6.07, 6.45) is -4.63. The van der Waals surface area contributed by atoms with Gasteiger partial charge in [-0.1, -0.05) is 60.7 Å². The summed E-state index contributed by atoms with van der Waals surface area (Å²) >= 11 is 1.18. The first-order chi connectivity index (χ1) is 13.4. The van der Waals surface area contributed by atoms with Crippen molar-refractivity contribution in [2.75, 3.05) is 7.11 Å². The maximum Gasteiger partial charge on any atom is 0.432 e. The molecule has 4 nitrogen and oxygen atoms in total. The van der Waals surface area contributed by atoms with Crippen LogP contribution in [-0.4, -0.2) is 24.2 Å². The van der Waals surface area contributed by atoms with Gasteiger partial charge in [0.05, 0.1) is 0 Å². The highest BCUT2D eigenvalue weighted by atomic mass is 32.1. The first-order valence-electron chi connectivity index (χ1n) is 8.23. The summed E-state index contributed by atoms with van der Waals surface area (Å²) in [4.78, 5) is 17.0. The maximum absolute atomic E-state index is 14.1. The van der Waals surface area contributed by atoms with Crippen molar-refractivity contribution < 1.29 is 27.4 Å². The molecule has 0 radical (unpaired) electrons. The van der Waals surface area contributed by atoms with E-state index in [4.69, 9.17) is 9.47 Å². The Balaban J connectivity index is 2.05. The lowest BCUT2D eigenvalue weighted by Crippen LogP contribution is -2.52. The van der Waals surface area contributed by atoms with Crippen molar-refractivity contribution >= 4 is 17.3 Å². The van der Waals surface area contributed by atoms with E-state index in [1.807, 2.05) is 0 Å². The van der Waals surface area contributed by atoms with Crippen LogP contribution in [0, 0.1) is 0 Å². The molecule has 0 saturated heterocycles. The predicted molar refractivity (Wildman–Crippen MR) is 97.7 cm³/mol. The number of thiazole rings is 1. The fourth-order valence-electron chi connectivity index (χ4n) is 2.83. The number of carbonyl (C=O) groups is 1. The Morgan fingerprint density at radius 3 is 2.14 bits per heavy atom. The van der Waals surface area contributed by atoms with Crippen molar-refractivity contribution in [1.29, 1.82) is 0 Å². The van der Waals surface area contributed by atoms with Crippen molar-refractivity contribution in [3.63, 3.8) is 0 Å². The second-order valence-corrected chi connectivity index (χ2v) is 6.74. The molecule has 28 heavy (non-hydrogen) atoms. The molecule has 0 N–H and O–H groups in total. The van der Waals surface area contributed by atoms with Crippen molar-refractivity contribution in [3.05, 3.63) is 88.4 Å². The molecule has 0 spiro atoms. The average Bonchev–Trinajstić information content (AvgIpc) is 3.22. The summed E-state index contributed by atoms with van der Waals surface area (Å²) in [5, 5.41) is 2.02. The number of esters is 1. The fourth-order valence-corrected chi connectivity index (χ4v) is 3.52. The van der Waals surface area contributed by atoms with Gasteiger partial charge in [0.15, 0.2) is 6.10 Å². The lowest BCUT2D eigenvalue weighted by molar-refractivity contribution is -0.277. The van der Waals surface area contributed by atoms with Crippen LogP contribution in [-0.2, 0) is 19.9 Å². The van der Waals surface area contributed by atoms with Gasteiger partial charge in [0.2, 0.25) is 0 Å². The topological polar surface area (TPSA) is 48.4 Å². The molecule has 2 aromatic carbocycles. The molecule has 3 aromatic rings. The maximum atomic E-state index is 14.1. The number of alkyl halides is 3. The molecule has 0 fully saturated rings. The van der Waals surface area contributed by atoms with Crippen LogP contribution >= 0.6 is 11.3 Å². The number of benzene rings is 2. The molecular weight excluding hydrogens is 391 g/mol. The van der Waals surface area contributed by atoms with Gasteiger partial charge in [-0.3, -0.25) is 0 Å². The predicted octanol–water partition coefficient (Wildman–Crippen LogP) is 4.88. The summed E-state index contributed by atoms with van der Waals surface area (Å²) in [6.45, 7) is 0. The van der Waals surface area contributed by atoms with E-state index < -0.39 is 23.9 Å². The SMILES string of the molecule is CO[C@@](C(=O)O[C@H](c1ccccc1)c1nccs1)(c1ccccc1)C(F)(F)F. The molecule has 0 aliphatic carbocycles. The quantitative estimate of drug-likeness (QED) is 0.547. The van der Waals surface area contributed by atoms with Crippen LogP contribution in [0.25, 0.3) is 0 Å². The molecule has 3 rings (SSSR count). The molecule has 2 atom stereocenters. The summed E-state index contributed by atoms with van der Waals surface area (Å²) < 4.78 is 52.4. The van der Waals surface area contributed by atoms with Crippen LogP contribution in [0.5, 0.6) is 0 Å². The van der Waals surface area contributed by atoms with Gasteiger partial charge < -0.3 is 9.47 Å². The number of methoxy groups -OCH3 is 1. The third kappa shape index (κ3) is 3.65. The minimum atomic E-state index is -5.04. The zero-order chi connectivity index (χ0) is 20.2. The number of aromatic nitrogens is 1. The van der Waals surface area contributed by atoms with E-state index in [0.717, 1.165) is 7.11 Å². The summed E-state index contributed by atoms with van der Waals surface area (Å²) in [5.41, 5.74) is -3.11. The third-order valence-electron chi connectivity index (χ3n) is 4.18. The van der Waals surface area contributed by atoms with Gasteiger partial charge in [0, 0.05) is 24.3 Å². The van der Waals surface area contributed by atoms with E-state index in [1.54, 1.807) is 41.8 Å². The van der Waals surface area contributed by atoms with E-state index in [-0.39, 0.29) is 5.56 Å². The largest absolute Gasteiger partial charge is 0.447 e. The number of hydrogen-bond donors (Lipinski definition) is 0. The number of halogens is 3. The monoisotopic (exact) mass is 407 g/mol. The molecule has 0 saturated carbocycles. The molecule has 8 heteroatoms. The Kier molecular flexibility index (Phi) is 5.81. The van der Waals surface area contributed by atoms with Crippen molar-refractivity contribution in [3.8, 4) is 0 Å². The van der Waals surface area contributed by atoms with Gasteiger partial charge >= 0.3 is 12.1 Å². The Labute approximate surface area is 163 Å². The molecule has 0 aliphatic heterocycles. The number of rotatable bonds is 6. The van der Waals surface area contributed by atoms with Crippen LogP contribution in [0.1, 0.15) is 22.2 Å². The van der Waals surface area contributed by atoms with Crippen LogP contribution in [0.2, 0.25) is 0 Å². The summed E-state index contributed by atoms with van der Waals surface area (Å²) in [5.74, 6) is -1.56. The van der Waals surface area contributed by atoms with Gasteiger partial charge in [0.1, 0.15) is 5.01 Å². The summed E-state index contributed by atoms with van der Waals surface area (Å²) in [7, 11) is 0.836. The highest BCUT2D eigenvalue weighted by Gasteiger charge is 2.64. The normalized spacial score (nSPS) is 14.9. The zero-order valence-corrected chi connectivity index (χ0v) is 15.5. The first-order valence-corrected chi connectivity index (χ1v) is 9.11. The molecule has 1 aromatic heterocycles. The Morgan fingerprint density at radius 1 is 1.04 bits per heavy atom. The van der Waals surface area contributed by atoms with Crippen molar-refractivity contribution in [1.82, 2.24) is 4.98 Å². The van der Waals surface area contributed by atoms with E-state index in [2.05, 4.69) is 4.98 Å². The molecule has 0 bridgehead atoms. The second-order valence-electron chi connectivity index (χ2n) is 5.82. The highest BCUT2D eigenvalue weighted by Crippen LogP contribution is 2.44. The minimum absolute atomic E-state index is 0.360. The standard InChI is InChI=1S/C20H16F3NO3S/c1-26-19(20(21,22)23,15-10-6-3-7-11-15)18(25)27-16(17-24-12-13-28-17)14-8-4-2-5-9-14/h2-13,16H,1H3/t16-,19-/m1/s1. The van der Waals surface area contributed by atoms with E-state index in [9.17, 15) is 18.0 Å².